The van der Waals surface area contributed by atoms with E-state index in [0.29, 0.717) is 10.2 Å². The molecule has 0 fully saturated rings. The maximum atomic E-state index is 12.1. The minimum atomic E-state index is -0.246. The van der Waals surface area contributed by atoms with Crippen LogP contribution in [0.1, 0.15) is 27.7 Å². The van der Waals surface area contributed by atoms with Gasteiger partial charge in [-0.15, -0.1) is 10.2 Å². The molecule has 0 radical (unpaired) electrons. The van der Waals surface area contributed by atoms with Crippen molar-refractivity contribution in [1.82, 2.24) is 15.5 Å². The number of aromatic nitrogens is 2. The van der Waals surface area contributed by atoms with Crippen LogP contribution in [0.2, 0.25) is 5.02 Å². The monoisotopic (exact) mass is 370 g/mol. The van der Waals surface area contributed by atoms with E-state index in [9.17, 15) is 4.79 Å². The van der Waals surface area contributed by atoms with Gasteiger partial charge in [0, 0.05) is 5.54 Å². The summed E-state index contributed by atoms with van der Waals surface area (Å²) in [6, 6.07) is 7.43. The van der Waals surface area contributed by atoms with Gasteiger partial charge >= 0.3 is 0 Å². The first-order valence-electron chi connectivity index (χ1n) is 7.08. The summed E-state index contributed by atoms with van der Waals surface area (Å²) in [6.45, 7) is 7.73. The number of benzene rings is 1. The Morgan fingerprint density at radius 2 is 2.00 bits per heavy atom. The van der Waals surface area contributed by atoms with Crippen LogP contribution in [0.5, 0.6) is 0 Å². The first-order chi connectivity index (χ1) is 10.7. The normalized spacial score (nSPS) is 12.7. The van der Waals surface area contributed by atoms with E-state index in [1.807, 2.05) is 45.9 Å². The van der Waals surface area contributed by atoms with Gasteiger partial charge in [-0.1, -0.05) is 46.8 Å². The van der Waals surface area contributed by atoms with Gasteiger partial charge in [0.25, 0.3) is 0 Å². The Kier molecular flexibility index (Phi) is 5.89. The summed E-state index contributed by atoms with van der Waals surface area (Å²) in [4.78, 5) is 12.1. The van der Waals surface area contributed by atoms with Gasteiger partial charge in [0.15, 0.2) is 4.34 Å². The third kappa shape index (κ3) is 5.67. The number of thioether (sulfide) groups is 1. The van der Waals surface area contributed by atoms with Crippen molar-refractivity contribution in [2.45, 2.75) is 42.8 Å². The van der Waals surface area contributed by atoms with Crippen LogP contribution >= 0.6 is 34.7 Å². The minimum absolute atomic E-state index is 0.0155. The fourth-order valence-electron chi connectivity index (χ4n) is 1.66. The van der Waals surface area contributed by atoms with Crippen LogP contribution in [0.15, 0.2) is 28.6 Å². The molecule has 2 rings (SSSR count). The van der Waals surface area contributed by atoms with Crippen molar-refractivity contribution in [3.05, 3.63) is 29.3 Å². The van der Waals surface area contributed by atoms with Gasteiger partial charge in [-0.2, -0.15) is 0 Å². The minimum Gasteiger partial charge on any atom is -0.351 e. The molecule has 124 valence electrons. The van der Waals surface area contributed by atoms with Crippen LogP contribution in [0, 0.1) is 0 Å². The van der Waals surface area contributed by atoms with E-state index < -0.39 is 0 Å². The highest BCUT2D eigenvalue weighted by atomic mass is 35.5. The number of anilines is 2. The Bertz CT molecular complexity index is 684. The molecule has 0 saturated carbocycles. The molecule has 1 atom stereocenters. The van der Waals surface area contributed by atoms with Crippen molar-refractivity contribution in [2.24, 2.45) is 0 Å². The molecule has 0 aliphatic rings. The number of carbonyl (C=O) groups excluding carboxylic acids is 1. The first kappa shape index (κ1) is 18.0. The molecule has 2 aromatic rings. The molecule has 8 heteroatoms. The van der Waals surface area contributed by atoms with Crippen LogP contribution in [-0.4, -0.2) is 26.9 Å². The summed E-state index contributed by atoms with van der Waals surface area (Å²) in [5.74, 6) is -0.0155. The van der Waals surface area contributed by atoms with Crippen LogP contribution in [0.25, 0.3) is 0 Å². The Morgan fingerprint density at radius 3 is 2.65 bits per heavy atom. The highest BCUT2D eigenvalue weighted by Crippen LogP contribution is 2.32. The maximum Gasteiger partial charge on any atom is 0.233 e. The summed E-state index contributed by atoms with van der Waals surface area (Å²) in [5.41, 5.74) is 0.532. The lowest BCUT2D eigenvalue weighted by atomic mass is 10.1. The summed E-state index contributed by atoms with van der Waals surface area (Å²) in [5, 5.41) is 15.3. The van der Waals surface area contributed by atoms with Gasteiger partial charge in [-0.05, 0) is 39.8 Å². The smallest absolute Gasteiger partial charge is 0.233 e. The average molecular weight is 371 g/mol. The van der Waals surface area contributed by atoms with Crippen molar-refractivity contribution in [2.75, 3.05) is 5.32 Å². The van der Waals surface area contributed by atoms with E-state index in [1.165, 1.54) is 23.1 Å². The zero-order valence-electron chi connectivity index (χ0n) is 13.4. The van der Waals surface area contributed by atoms with Crippen LogP contribution in [0.4, 0.5) is 10.8 Å². The average Bonchev–Trinajstić information content (AvgIpc) is 2.87. The van der Waals surface area contributed by atoms with Gasteiger partial charge in [0.2, 0.25) is 11.0 Å². The molecule has 1 aromatic heterocycles. The quantitative estimate of drug-likeness (QED) is 0.767. The molecular formula is C15H19ClN4OS2. The third-order valence-electron chi connectivity index (χ3n) is 2.67. The number of halogens is 1. The zero-order valence-corrected chi connectivity index (χ0v) is 15.8. The third-order valence-corrected chi connectivity index (χ3v) is 5.02. The lowest BCUT2D eigenvalue weighted by Gasteiger charge is -2.22. The van der Waals surface area contributed by atoms with E-state index >= 15 is 0 Å². The van der Waals surface area contributed by atoms with Crippen LogP contribution < -0.4 is 10.6 Å². The number of para-hydroxylation sites is 1. The van der Waals surface area contributed by atoms with Gasteiger partial charge < -0.3 is 10.6 Å². The molecule has 0 saturated heterocycles. The van der Waals surface area contributed by atoms with Crippen LogP contribution in [0.3, 0.4) is 0 Å². The molecule has 0 bridgehead atoms. The van der Waals surface area contributed by atoms with Gasteiger partial charge in [0.05, 0.1) is 16.0 Å². The van der Waals surface area contributed by atoms with Crippen LogP contribution in [-0.2, 0) is 4.79 Å². The van der Waals surface area contributed by atoms with Crippen molar-refractivity contribution in [3.63, 3.8) is 0 Å². The summed E-state index contributed by atoms with van der Waals surface area (Å²) >= 11 is 8.88. The van der Waals surface area contributed by atoms with E-state index in [0.717, 1.165) is 10.0 Å². The van der Waals surface area contributed by atoms with Crippen molar-refractivity contribution in [1.29, 1.82) is 0 Å². The Labute approximate surface area is 149 Å². The molecule has 0 unspecified atom stereocenters. The molecule has 0 aliphatic carbocycles. The molecule has 1 amide bonds. The predicted octanol–water partition coefficient (Wildman–Crippen LogP) is 4.33. The Morgan fingerprint density at radius 1 is 1.30 bits per heavy atom. The standard InChI is InChI=1S/C15H19ClN4OS2/c1-9(12(21)18-15(2,3)4)22-14-20-19-13(23-14)17-11-8-6-5-7-10(11)16/h5-9H,1-4H3,(H,17,19)(H,18,21)/t9-/m0/s1. The second-order valence-electron chi connectivity index (χ2n) is 5.98. The number of amides is 1. The number of nitrogens with one attached hydrogen (secondary N) is 2. The van der Waals surface area contributed by atoms with E-state index in [4.69, 9.17) is 11.6 Å². The van der Waals surface area contributed by atoms with Gasteiger partial charge in [-0.3, -0.25) is 4.79 Å². The molecule has 5 nitrogen and oxygen atoms in total. The molecule has 0 aliphatic heterocycles. The summed E-state index contributed by atoms with van der Waals surface area (Å²) in [7, 11) is 0. The lowest BCUT2D eigenvalue weighted by molar-refractivity contribution is -0.121. The fraction of sp³-hybridized carbons (Fsp3) is 0.400. The molecule has 1 aromatic carbocycles. The van der Waals surface area contributed by atoms with Gasteiger partial charge in [-0.25, -0.2) is 0 Å². The van der Waals surface area contributed by atoms with Crippen molar-refractivity contribution >= 4 is 51.4 Å². The highest BCUT2D eigenvalue weighted by molar-refractivity contribution is 8.02. The summed E-state index contributed by atoms with van der Waals surface area (Å²) < 4.78 is 0.733. The van der Waals surface area contributed by atoms with Crippen molar-refractivity contribution in [3.8, 4) is 0 Å². The maximum absolute atomic E-state index is 12.1. The van der Waals surface area contributed by atoms with E-state index in [1.54, 1.807) is 6.07 Å². The molecule has 23 heavy (non-hydrogen) atoms. The fourth-order valence-corrected chi connectivity index (χ4v) is 3.75. The number of hydrogen-bond donors (Lipinski definition) is 2. The van der Waals surface area contributed by atoms with Gasteiger partial charge in [0.1, 0.15) is 0 Å². The first-order valence-corrected chi connectivity index (χ1v) is 9.16. The predicted molar refractivity (Wildman–Crippen MR) is 97.9 cm³/mol. The summed E-state index contributed by atoms with van der Waals surface area (Å²) in [6.07, 6.45) is 0. The zero-order chi connectivity index (χ0) is 17.0. The molecule has 0 spiro atoms. The van der Waals surface area contributed by atoms with Crippen molar-refractivity contribution < 1.29 is 4.79 Å². The highest BCUT2D eigenvalue weighted by Gasteiger charge is 2.21. The molecule has 1 heterocycles. The largest absolute Gasteiger partial charge is 0.351 e. The topological polar surface area (TPSA) is 66.9 Å². The Balaban J connectivity index is 1.97. The number of hydrogen-bond acceptors (Lipinski definition) is 6. The second kappa shape index (κ2) is 7.51. The number of rotatable bonds is 5. The van der Waals surface area contributed by atoms with E-state index in [2.05, 4.69) is 20.8 Å². The lowest BCUT2D eigenvalue weighted by Crippen LogP contribution is -2.44. The Hall–Kier alpha value is -1.31. The number of carbonyl (C=O) groups is 1. The SMILES string of the molecule is C[C@H](Sc1nnc(Nc2ccccc2Cl)s1)C(=O)NC(C)(C)C. The second-order valence-corrected chi connectivity index (χ2v) is 8.95. The molecule has 2 N–H and O–H groups in total. The number of nitrogens with zero attached hydrogens (tertiary/aromatic N) is 2. The van der Waals surface area contributed by atoms with E-state index in [-0.39, 0.29) is 16.7 Å². The molecular weight excluding hydrogens is 352 g/mol.